The maximum Gasteiger partial charge on any atom is 0.132 e. The highest BCUT2D eigenvalue weighted by Gasteiger charge is 1.99. The van der Waals surface area contributed by atoms with Gasteiger partial charge in [0.1, 0.15) is 5.78 Å². The molecule has 0 aliphatic rings. The van der Waals surface area contributed by atoms with Crippen molar-refractivity contribution in [1.82, 2.24) is 0 Å². The minimum Gasteiger partial charge on any atom is -0.377 e. The standard InChI is InChI=1S/C19H30O2/c1-2-12-19(20)15-10-5-3-4-6-11-16-21-17-18-13-8-7-9-14-18/h7-9,13-14H,2-6,10-12,15-17H2,1H3. The summed E-state index contributed by atoms with van der Waals surface area (Å²) in [6, 6.07) is 10.3. The number of carbonyl (C=O) groups excluding carboxylic acids is 1. The summed E-state index contributed by atoms with van der Waals surface area (Å²) in [6.45, 7) is 3.64. The van der Waals surface area contributed by atoms with Crippen molar-refractivity contribution < 1.29 is 9.53 Å². The largest absolute Gasteiger partial charge is 0.377 e. The molecular formula is C19H30O2. The fourth-order valence-electron chi connectivity index (χ4n) is 2.40. The molecule has 0 saturated heterocycles. The predicted molar refractivity (Wildman–Crippen MR) is 88.3 cm³/mol. The lowest BCUT2D eigenvalue weighted by molar-refractivity contribution is -0.119. The molecule has 1 rings (SSSR count). The van der Waals surface area contributed by atoms with Crippen LogP contribution in [-0.4, -0.2) is 12.4 Å². The Morgan fingerprint density at radius 2 is 1.57 bits per heavy atom. The molecule has 118 valence electrons. The van der Waals surface area contributed by atoms with Crippen LogP contribution in [0.2, 0.25) is 0 Å². The van der Waals surface area contributed by atoms with Crippen molar-refractivity contribution in [2.45, 2.75) is 71.3 Å². The van der Waals surface area contributed by atoms with E-state index in [0.717, 1.165) is 45.3 Å². The first-order valence-electron chi connectivity index (χ1n) is 8.46. The van der Waals surface area contributed by atoms with Gasteiger partial charge >= 0.3 is 0 Å². The topological polar surface area (TPSA) is 26.3 Å². The van der Waals surface area contributed by atoms with Crippen LogP contribution in [0.5, 0.6) is 0 Å². The van der Waals surface area contributed by atoms with Crippen molar-refractivity contribution in [3.05, 3.63) is 35.9 Å². The molecule has 0 aromatic heterocycles. The van der Waals surface area contributed by atoms with Crippen molar-refractivity contribution in [3.63, 3.8) is 0 Å². The zero-order valence-electron chi connectivity index (χ0n) is 13.5. The van der Waals surface area contributed by atoms with E-state index in [9.17, 15) is 4.79 Å². The van der Waals surface area contributed by atoms with Crippen LogP contribution >= 0.6 is 0 Å². The van der Waals surface area contributed by atoms with Gasteiger partial charge in [-0.05, 0) is 24.8 Å². The predicted octanol–water partition coefficient (Wildman–Crippen LogP) is 5.30. The zero-order valence-corrected chi connectivity index (χ0v) is 13.5. The van der Waals surface area contributed by atoms with E-state index in [1.165, 1.54) is 31.2 Å². The Kier molecular flexibility index (Phi) is 10.7. The molecule has 0 radical (unpaired) electrons. The Bertz CT molecular complexity index is 359. The van der Waals surface area contributed by atoms with Gasteiger partial charge in [0.15, 0.2) is 0 Å². The average Bonchev–Trinajstić information content (AvgIpc) is 2.50. The number of ether oxygens (including phenoxy) is 1. The second-order valence-corrected chi connectivity index (χ2v) is 5.70. The van der Waals surface area contributed by atoms with Crippen LogP contribution in [0, 0.1) is 0 Å². The molecule has 0 heterocycles. The number of ketones is 1. The summed E-state index contributed by atoms with van der Waals surface area (Å²) in [4.78, 5) is 11.4. The lowest BCUT2D eigenvalue weighted by Crippen LogP contribution is -1.97. The van der Waals surface area contributed by atoms with Crippen LogP contribution in [0.1, 0.15) is 70.3 Å². The second-order valence-electron chi connectivity index (χ2n) is 5.70. The lowest BCUT2D eigenvalue weighted by Gasteiger charge is -2.04. The van der Waals surface area contributed by atoms with Crippen LogP contribution in [-0.2, 0) is 16.1 Å². The van der Waals surface area contributed by atoms with E-state index in [1.807, 2.05) is 18.2 Å². The van der Waals surface area contributed by atoms with Gasteiger partial charge in [-0.1, -0.05) is 62.9 Å². The molecule has 0 fully saturated rings. The van der Waals surface area contributed by atoms with Crippen LogP contribution in [0.3, 0.4) is 0 Å². The average molecular weight is 290 g/mol. The van der Waals surface area contributed by atoms with Gasteiger partial charge in [0.05, 0.1) is 6.61 Å². The van der Waals surface area contributed by atoms with E-state index in [2.05, 4.69) is 19.1 Å². The number of Topliss-reactive ketones (excluding diaryl/α,β-unsaturated/α-hetero) is 1. The Labute approximate surface area is 129 Å². The third-order valence-electron chi connectivity index (χ3n) is 3.63. The fourth-order valence-corrected chi connectivity index (χ4v) is 2.40. The maximum atomic E-state index is 11.4. The molecule has 0 N–H and O–H groups in total. The highest BCUT2D eigenvalue weighted by molar-refractivity contribution is 5.78. The Morgan fingerprint density at radius 1 is 0.905 bits per heavy atom. The summed E-state index contributed by atoms with van der Waals surface area (Å²) in [7, 11) is 0. The SMILES string of the molecule is CCCC(=O)CCCCCCCCOCc1ccccc1. The number of carbonyl (C=O) groups is 1. The van der Waals surface area contributed by atoms with Crippen molar-refractivity contribution in [1.29, 1.82) is 0 Å². The van der Waals surface area contributed by atoms with E-state index in [1.54, 1.807) is 0 Å². The summed E-state index contributed by atoms with van der Waals surface area (Å²) in [5.74, 6) is 0.437. The number of hydrogen-bond acceptors (Lipinski definition) is 2. The maximum absolute atomic E-state index is 11.4. The van der Waals surface area contributed by atoms with E-state index < -0.39 is 0 Å². The molecule has 0 aliphatic heterocycles. The lowest BCUT2D eigenvalue weighted by atomic mass is 10.1. The highest BCUT2D eigenvalue weighted by Crippen LogP contribution is 2.09. The van der Waals surface area contributed by atoms with Gasteiger partial charge in [-0.15, -0.1) is 0 Å². The number of benzene rings is 1. The Morgan fingerprint density at radius 3 is 2.29 bits per heavy atom. The molecule has 2 nitrogen and oxygen atoms in total. The molecule has 1 aromatic rings. The van der Waals surface area contributed by atoms with Crippen LogP contribution in [0.4, 0.5) is 0 Å². The number of unbranched alkanes of at least 4 members (excludes halogenated alkanes) is 5. The number of rotatable bonds is 13. The van der Waals surface area contributed by atoms with Crippen molar-refractivity contribution in [2.75, 3.05) is 6.61 Å². The Hall–Kier alpha value is -1.15. The molecule has 0 amide bonds. The Balaban J connectivity index is 1.82. The van der Waals surface area contributed by atoms with Gasteiger partial charge in [-0.25, -0.2) is 0 Å². The van der Waals surface area contributed by atoms with Gasteiger partial charge in [-0.3, -0.25) is 4.79 Å². The minimum atomic E-state index is 0.437. The molecule has 0 spiro atoms. The van der Waals surface area contributed by atoms with Crippen molar-refractivity contribution in [3.8, 4) is 0 Å². The van der Waals surface area contributed by atoms with E-state index in [4.69, 9.17) is 4.74 Å². The van der Waals surface area contributed by atoms with Gasteiger partial charge in [0.25, 0.3) is 0 Å². The van der Waals surface area contributed by atoms with E-state index in [-0.39, 0.29) is 0 Å². The monoisotopic (exact) mass is 290 g/mol. The molecule has 21 heavy (non-hydrogen) atoms. The molecule has 0 unspecified atom stereocenters. The van der Waals surface area contributed by atoms with Crippen molar-refractivity contribution in [2.24, 2.45) is 0 Å². The third-order valence-corrected chi connectivity index (χ3v) is 3.63. The summed E-state index contributed by atoms with van der Waals surface area (Å²) in [5.41, 5.74) is 1.24. The minimum absolute atomic E-state index is 0.437. The van der Waals surface area contributed by atoms with E-state index in [0.29, 0.717) is 5.78 Å². The first kappa shape index (κ1) is 17.9. The van der Waals surface area contributed by atoms with Crippen LogP contribution in [0.15, 0.2) is 30.3 Å². The molecule has 0 atom stereocenters. The molecular weight excluding hydrogens is 260 g/mol. The molecule has 1 aromatic carbocycles. The second kappa shape index (κ2) is 12.6. The summed E-state index contributed by atoms with van der Waals surface area (Å²) in [6.07, 6.45) is 9.69. The molecule has 2 heteroatoms. The smallest absolute Gasteiger partial charge is 0.132 e. The summed E-state index contributed by atoms with van der Waals surface area (Å²) < 4.78 is 5.66. The van der Waals surface area contributed by atoms with Crippen LogP contribution in [0.25, 0.3) is 0 Å². The molecule has 0 aliphatic carbocycles. The number of hydrogen-bond donors (Lipinski definition) is 0. The quantitative estimate of drug-likeness (QED) is 0.461. The zero-order chi connectivity index (χ0) is 15.2. The summed E-state index contributed by atoms with van der Waals surface area (Å²) >= 11 is 0. The van der Waals surface area contributed by atoms with E-state index >= 15 is 0 Å². The fraction of sp³-hybridized carbons (Fsp3) is 0.632. The normalized spacial score (nSPS) is 10.7. The van der Waals surface area contributed by atoms with Crippen molar-refractivity contribution >= 4 is 5.78 Å². The molecule has 0 saturated carbocycles. The van der Waals surface area contributed by atoms with Gasteiger partial charge in [0, 0.05) is 19.4 Å². The molecule has 0 bridgehead atoms. The summed E-state index contributed by atoms with van der Waals surface area (Å²) in [5, 5.41) is 0. The third kappa shape index (κ3) is 10.3. The van der Waals surface area contributed by atoms with Gasteiger partial charge in [0.2, 0.25) is 0 Å². The highest BCUT2D eigenvalue weighted by atomic mass is 16.5. The van der Waals surface area contributed by atoms with Crippen LogP contribution < -0.4 is 0 Å². The first-order chi connectivity index (χ1) is 10.3. The van der Waals surface area contributed by atoms with Gasteiger partial charge in [-0.2, -0.15) is 0 Å². The first-order valence-corrected chi connectivity index (χ1v) is 8.46. The van der Waals surface area contributed by atoms with Gasteiger partial charge < -0.3 is 4.74 Å².